The first-order valence-electron chi connectivity index (χ1n) is 13.8. The molecule has 0 unspecified atom stereocenters. The molecule has 6 rings (SSSR count). The van der Waals surface area contributed by atoms with Crippen LogP contribution in [0.4, 0.5) is 9.18 Å². The molecule has 2 aliphatic rings. The molecule has 1 atom stereocenters. The van der Waals surface area contributed by atoms with Crippen molar-refractivity contribution in [1.82, 2.24) is 30.3 Å². The minimum atomic E-state index is -0.268. The smallest absolute Gasteiger partial charge is 0.317 e. The van der Waals surface area contributed by atoms with E-state index in [1.165, 1.54) is 6.07 Å². The molecule has 40 heavy (non-hydrogen) atoms. The number of H-pyrrole nitrogens is 1. The zero-order valence-electron chi connectivity index (χ0n) is 22.6. The van der Waals surface area contributed by atoms with E-state index in [2.05, 4.69) is 25.4 Å². The lowest BCUT2D eigenvalue weighted by molar-refractivity contribution is 0.159. The number of hydrogen-bond acceptors (Lipinski definition) is 5. The van der Waals surface area contributed by atoms with Gasteiger partial charge in [-0.3, -0.25) is 15.0 Å². The fourth-order valence-corrected chi connectivity index (χ4v) is 5.71. The summed E-state index contributed by atoms with van der Waals surface area (Å²) < 4.78 is 19.9. The second kappa shape index (κ2) is 11.5. The highest BCUT2D eigenvalue weighted by atomic mass is 19.1. The van der Waals surface area contributed by atoms with Crippen molar-refractivity contribution in [3.8, 4) is 28.3 Å². The number of amides is 2. The topological polar surface area (TPSA) is 86.4 Å². The summed E-state index contributed by atoms with van der Waals surface area (Å²) >= 11 is 0. The number of halogens is 1. The van der Waals surface area contributed by atoms with Crippen molar-refractivity contribution < 1.29 is 13.9 Å². The first-order valence-corrected chi connectivity index (χ1v) is 13.8. The van der Waals surface area contributed by atoms with Gasteiger partial charge in [0.25, 0.3) is 0 Å². The van der Waals surface area contributed by atoms with E-state index in [1.807, 2.05) is 53.6 Å². The number of piperidine rings is 1. The third kappa shape index (κ3) is 5.42. The molecule has 206 valence electrons. The number of fused-ring (bicyclic) bond motifs is 1. The SMILES string of the molecule is COc1cccc(F)c1CN1CCC[C@@H](NC(=O)N2CCc3[nH]nc(-c4ccc(-c5ccccc5)nc4)c3C2)C1. The lowest BCUT2D eigenvalue weighted by Gasteiger charge is -2.35. The molecule has 4 heterocycles. The molecule has 2 N–H and O–H groups in total. The van der Waals surface area contributed by atoms with Gasteiger partial charge in [-0.25, -0.2) is 9.18 Å². The average molecular weight is 541 g/mol. The predicted molar refractivity (Wildman–Crippen MR) is 151 cm³/mol. The third-order valence-corrected chi connectivity index (χ3v) is 7.84. The summed E-state index contributed by atoms with van der Waals surface area (Å²) in [5.41, 5.74) is 6.38. The van der Waals surface area contributed by atoms with Gasteiger partial charge < -0.3 is 15.0 Å². The molecule has 0 aliphatic carbocycles. The van der Waals surface area contributed by atoms with Gasteiger partial charge in [-0.2, -0.15) is 5.10 Å². The van der Waals surface area contributed by atoms with Crippen molar-refractivity contribution in [2.75, 3.05) is 26.7 Å². The van der Waals surface area contributed by atoms with E-state index in [1.54, 1.807) is 19.2 Å². The number of nitrogens with zero attached hydrogens (tertiary/aromatic N) is 4. The maximum atomic E-state index is 14.5. The molecule has 1 fully saturated rings. The lowest BCUT2D eigenvalue weighted by atomic mass is 10.0. The number of urea groups is 1. The van der Waals surface area contributed by atoms with Crippen molar-refractivity contribution in [1.29, 1.82) is 0 Å². The van der Waals surface area contributed by atoms with Crippen molar-refractivity contribution in [2.45, 2.75) is 38.4 Å². The molecule has 0 radical (unpaired) electrons. The minimum absolute atomic E-state index is 0.000957. The summed E-state index contributed by atoms with van der Waals surface area (Å²) in [4.78, 5) is 22.0. The van der Waals surface area contributed by atoms with Crippen molar-refractivity contribution >= 4 is 6.03 Å². The van der Waals surface area contributed by atoms with Crippen LogP contribution in [0.3, 0.4) is 0 Å². The van der Waals surface area contributed by atoms with Crippen molar-refractivity contribution in [2.24, 2.45) is 0 Å². The molecule has 2 aromatic carbocycles. The average Bonchev–Trinajstić information content (AvgIpc) is 3.42. The monoisotopic (exact) mass is 540 g/mol. The number of ether oxygens (including phenoxy) is 1. The molecular weight excluding hydrogens is 507 g/mol. The summed E-state index contributed by atoms with van der Waals surface area (Å²) in [6.07, 6.45) is 4.39. The number of carbonyl (C=O) groups is 1. The first kappa shape index (κ1) is 26.0. The molecule has 2 amide bonds. The van der Waals surface area contributed by atoms with E-state index in [0.717, 1.165) is 59.6 Å². The van der Waals surface area contributed by atoms with Gasteiger partial charge in [0, 0.05) is 66.2 Å². The molecule has 9 heteroatoms. The van der Waals surface area contributed by atoms with Gasteiger partial charge in [0.2, 0.25) is 0 Å². The van der Waals surface area contributed by atoms with Crippen LogP contribution in [0.2, 0.25) is 0 Å². The van der Waals surface area contributed by atoms with Gasteiger partial charge in [-0.15, -0.1) is 0 Å². The zero-order valence-corrected chi connectivity index (χ0v) is 22.6. The molecule has 2 aliphatic heterocycles. The number of methoxy groups -OCH3 is 1. The molecular formula is C31H33FN6O2. The van der Waals surface area contributed by atoms with Gasteiger partial charge in [-0.1, -0.05) is 36.4 Å². The Balaban J connectivity index is 1.10. The quantitative estimate of drug-likeness (QED) is 0.359. The van der Waals surface area contributed by atoms with Crippen LogP contribution in [0.15, 0.2) is 66.9 Å². The van der Waals surface area contributed by atoms with Crippen LogP contribution < -0.4 is 10.1 Å². The van der Waals surface area contributed by atoms with Gasteiger partial charge in [-0.05, 0) is 43.7 Å². The van der Waals surface area contributed by atoms with Crippen molar-refractivity contribution in [3.05, 3.63) is 89.5 Å². The summed E-state index contributed by atoms with van der Waals surface area (Å²) in [7, 11) is 1.56. The fourth-order valence-electron chi connectivity index (χ4n) is 5.71. The van der Waals surface area contributed by atoms with E-state index in [0.29, 0.717) is 37.5 Å². The Morgan fingerprint density at radius 1 is 1.10 bits per heavy atom. The zero-order chi connectivity index (χ0) is 27.5. The van der Waals surface area contributed by atoms with E-state index in [-0.39, 0.29) is 17.9 Å². The van der Waals surface area contributed by atoms with Gasteiger partial charge >= 0.3 is 6.03 Å². The van der Waals surface area contributed by atoms with Crippen molar-refractivity contribution in [3.63, 3.8) is 0 Å². The number of benzene rings is 2. The first-order chi connectivity index (χ1) is 19.6. The van der Waals surface area contributed by atoms with E-state index < -0.39 is 0 Å². The van der Waals surface area contributed by atoms with E-state index in [9.17, 15) is 9.18 Å². The molecule has 4 aromatic rings. The van der Waals surface area contributed by atoms with Gasteiger partial charge in [0.1, 0.15) is 11.6 Å². The Kier molecular flexibility index (Phi) is 7.46. The Bertz CT molecular complexity index is 1470. The number of aromatic amines is 1. The van der Waals surface area contributed by atoms with E-state index in [4.69, 9.17) is 4.74 Å². The highest BCUT2D eigenvalue weighted by molar-refractivity contribution is 5.76. The number of aromatic nitrogens is 3. The van der Waals surface area contributed by atoms with Gasteiger partial charge in [0.05, 0.1) is 25.0 Å². The number of nitrogens with one attached hydrogen (secondary N) is 2. The molecule has 1 saturated heterocycles. The number of pyridine rings is 1. The third-order valence-electron chi connectivity index (χ3n) is 7.84. The second-order valence-electron chi connectivity index (χ2n) is 10.4. The Morgan fingerprint density at radius 3 is 2.77 bits per heavy atom. The summed E-state index contributed by atoms with van der Waals surface area (Å²) in [5.74, 6) is 0.284. The standard InChI is InChI=1S/C31H33FN6O2/c1-40-29-11-5-10-26(32)24(29)19-37-15-6-9-23(18-37)34-31(39)38-16-14-28-25(20-38)30(36-35-28)22-12-13-27(33-17-22)21-7-3-2-4-8-21/h2-5,7-8,10-13,17,23H,6,9,14-16,18-20H2,1H3,(H,34,39)(H,35,36)/t23-/m1/s1. The molecule has 8 nitrogen and oxygen atoms in total. The van der Waals surface area contributed by atoms with Crippen LogP contribution in [0, 0.1) is 5.82 Å². The second-order valence-corrected chi connectivity index (χ2v) is 10.4. The Labute approximate surface area is 233 Å². The summed E-state index contributed by atoms with van der Waals surface area (Å²) in [6, 6.07) is 18.9. The normalized spacial score (nSPS) is 17.4. The molecule has 2 aromatic heterocycles. The lowest BCUT2D eigenvalue weighted by Crippen LogP contribution is -2.52. The highest BCUT2D eigenvalue weighted by Gasteiger charge is 2.29. The minimum Gasteiger partial charge on any atom is -0.496 e. The number of likely N-dealkylation sites (tertiary alicyclic amines) is 1. The Morgan fingerprint density at radius 2 is 1.98 bits per heavy atom. The fraction of sp³-hybridized carbons (Fsp3) is 0.323. The largest absolute Gasteiger partial charge is 0.496 e. The summed E-state index contributed by atoms with van der Waals surface area (Å²) in [5, 5.41) is 11.0. The predicted octanol–water partition coefficient (Wildman–Crippen LogP) is 5.02. The van der Waals surface area contributed by atoms with Crippen LogP contribution in [-0.2, 0) is 19.5 Å². The number of carbonyl (C=O) groups excluding carboxylic acids is 1. The van der Waals surface area contributed by atoms with Crippen LogP contribution in [0.5, 0.6) is 5.75 Å². The van der Waals surface area contributed by atoms with Gasteiger partial charge in [0.15, 0.2) is 0 Å². The highest BCUT2D eigenvalue weighted by Crippen LogP contribution is 2.30. The van der Waals surface area contributed by atoms with Crippen LogP contribution in [0.25, 0.3) is 22.5 Å². The maximum absolute atomic E-state index is 14.5. The molecule has 0 saturated carbocycles. The Hall–Kier alpha value is -4.24. The van der Waals surface area contributed by atoms with Crippen LogP contribution in [0.1, 0.15) is 29.7 Å². The maximum Gasteiger partial charge on any atom is 0.317 e. The molecule has 0 spiro atoms. The number of hydrogen-bond donors (Lipinski definition) is 2. The summed E-state index contributed by atoms with van der Waals surface area (Å²) in [6.45, 7) is 3.07. The number of rotatable bonds is 6. The van der Waals surface area contributed by atoms with E-state index >= 15 is 0 Å². The van der Waals surface area contributed by atoms with Crippen LogP contribution >= 0.6 is 0 Å². The molecule has 0 bridgehead atoms. The van der Waals surface area contributed by atoms with Crippen LogP contribution in [-0.4, -0.2) is 63.8 Å².